The molecule has 0 aliphatic heterocycles. The van der Waals surface area contributed by atoms with Crippen molar-refractivity contribution in [3.63, 3.8) is 0 Å². The molecule has 27 heavy (non-hydrogen) atoms. The first-order valence-electron chi connectivity index (χ1n) is 7.57. The second-order valence-electron chi connectivity index (χ2n) is 5.57. The Morgan fingerprint density at radius 3 is 2.78 bits per heavy atom. The van der Waals surface area contributed by atoms with E-state index in [-0.39, 0.29) is 22.7 Å². The maximum absolute atomic E-state index is 13.5. The van der Waals surface area contributed by atoms with Crippen molar-refractivity contribution in [2.24, 2.45) is 0 Å². The third-order valence-corrected chi connectivity index (χ3v) is 4.54. The molecule has 1 N–H and O–H groups in total. The van der Waals surface area contributed by atoms with Crippen LogP contribution in [-0.2, 0) is 6.18 Å². The molecule has 4 heterocycles. The van der Waals surface area contributed by atoms with Gasteiger partial charge >= 0.3 is 6.18 Å². The average molecular weight is 393 g/mol. The summed E-state index contributed by atoms with van der Waals surface area (Å²) >= 11 is 1.24. The van der Waals surface area contributed by atoms with Crippen molar-refractivity contribution in [1.29, 1.82) is 0 Å². The number of halogens is 3. The maximum atomic E-state index is 13.5. The standard InChI is InChI=1S/C16H10F3N5O2S/c1-8-5-13(23-26-8)22-15(25)9-7-20-24-12(16(17,18)19)6-10(21-14(9)24)11-3-2-4-27-11/h2-7H,1H3,(H,22,23,25). The summed E-state index contributed by atoms with van der Waals surface area (Å²) in [4.78, 5) is 17.3. The van der Waals surface area contributed by atoms with E-state index >= 15 is 0 Å². The molecule has 138 valence electrons. The highest BCUT2D eigenvalue weighted by Gasteiger charge is 2.36. The monoisotopic (exact) mass is 393 g/mol. The molecule has 4 rings (SSSR count). The topological polar surface area (TPSA) is 85.3 Å². The number of hydrogen-bond donors (Lipinski definition) is 1. The van der Waals surface area contributed by atoms with Gasteiger partial charge in [0.25, 0.3) is 5.91 Å². The lowest BCUT2D eigenvalue weighted by Crippen LogP contribution is -2.15. The van der Waals surface area contributed by atoms with E-state index in [2.05, 4.69) is 20.6 Å². The molecular weight excluding hydrogens is 383 g/mol. The number of nitrogens with one attached hydrogen (secondary N) is 1. The molecule has 0 fully saturated rings. The van der Waals surface area contributed by atoms with Crippen LogP contribution < -0.4 is 5.32 Å². The minimum atomic E-state index is -4.67. The molecule has 0 aliphatic rings. The predicted octanol–water partition coefficient (Wildman–Crippen LogP) is 4.03. The third-order valence-electron chi connectivity index (χ3n) is 3.65. The van der Waals surface area contributed by atoms with Crippen molar-refractivity contribution in [3.8, 4) is 10.6 Å². The van der Waals surface area contributed by atoms with Gasteiger partial charge < -0.3 is 9.84 Å². The molecule has 0 saturated carbocycles. The van der Waals surface area contributed by atoms with Gasteiger partial charge in [0.15, 0.2) is 17.2 Å². The molecule has 0 spiro atoms. The van der Waals surface area contributed by atoms with Gasteiger partial charge in [-0.25, -0.2) is 9.50 Å². The van der Waals surface area contributed by atoms with Crippen molar-refractivity contribution in [2.75, 3.05) is 5.32 Å². The Hall–Kier alpha value is -3.21. The number of rotatable bonds is 3. The van der Waals surface area contributed by atoms with Gasteiger partial charge in [0.1, 0.15) is 11.3 Å². The Balaban J connectivity index is 1.85. The number of thiophene rings is 1. The van der Waals surface area contributed by atoms with Crippen molar-refractivity contribution >= 4 is 28.7 Å². The number of carbonyl (C=O) groups excluding carboxylic acids is 1. The number of alkyl halides is 3. The fraction of sp³-hybridized carbons (Fsp3) is 0.125. The number of hydrogen-bond acceptors (Lipinski definition) is 6. The second kappa shape index (κ2) is 6.20. The van der Waals surface area contributed by atoms with E-state index in [1.54, 1.807) is 24.4 Å². The Bertz CT molecular complexity index is 1130. The highest BCUT2D eigenvalue weighted by Crippen LogP contribution is 2.33. The van der Waals surface area contributed by atoms with E-state index in [9.17, 15) is 18.0 Å². The summed E-state index contributed by atoms with van der Waals surface area (Å²) in [7, 11) is 0. The fourth-order valence-corrected chi connectivity index (χ4v) is 3.17. The molecule has 0 unspecified atom stereocenters. The van der Waals surface area contributed by atoms with E-state index < -0.39 is 17.8 Å². The minimum Gasteiger partial charge on any atom is -0.360 e. The molecule has 0 aromatic carbocycles. The van der Waals surface area contributed by atoms with Gasteiger partial charge in [-0.1, -0.05) is 11.2 Å². The van der Waals surface area contributed by atoms with Gasteiger partial charge in [-0.15, -0.1) is 11.3 Å². The average Bonchev–Trinajstić information content (AvgIpc) is 3.33. The zero-order valence-corrected chi connectivity index (χ0v) is 14.4. The zero-order chi connectivity index (χ0) is 19.2. The van der Waals surface area contributed by atoms with E-state index in [0.29, 0.717) is 15.2 Å². The van der Waals surface area contributed by atoms with Gasteiger partial charge in [-0.05, 0) is 24.4 Å². The van der Waals surface area contributed by atoms with E-state index in [1.165, 1.54) is 17.4 Å². The molecule has 4 aromatic heterocycles. The molecule has 0 aliphatic carbocycles. The highest BCUT2D eigenvalue weighted by atomic mass is 32.1. The summed E-state index contributed by atoms with van der Waals surface area (Å²) < 4.78 is 45.9. The summed E-state index contributed by atoms with van der Waals surface area (Å²) in [6.07, 6.45) is -3.63. The largest absolute Gasteiger partial charge is 0.433 e. The molecule has 1 amide bonds. The van der Waals surface area contributed by atoms with Crippen molar-refractivity contribution in [3.05, 3.63) is 52.9 Å². The number of nitrogens with zero attached hydrogens (tertiary/aromatic N) is 4. The maximum Gasteiger partial charge on any atom is 0.433 e. The minimum absolute atomic E-state index is 0.108. The van der Waals surface area contributed by atoms with E-state index in [1.807, 2.05) is 0 Å². The first kappa shape index (κ1) is 17.2. The number of carbonyl (C=O) groups is 1. The van der Waals surface area contributed by atoms with Crippen LogP contribution in [0.25, 0.3) is 16.2 Å². The molecule has 0 saturated heterocycles. The van der Waals surface area contributed by atoms with Gasteiger partial charge in [0.05, 0.1) is 16.8 Å². The normalized spacial score (nSPS) is 11.9. The lowest BCUT2D eigenvalue weighted by molar-refractivity contribution is -0.142. The molecule has 4 aromatic rings. The van der Waals surface area contributed by atoms with E-state index in [0.717, 1.165) is 12.3 Å². The van der Waals surface area contributed by atoms with Crippen LogP contribution in [0.15, 0.2) is 40.4 Å². The first-order valence-corrected chi connectivity index (χ1v) is 8.45. The molecule has 0 bridgehead atoms. The lowest BCUT2D eigenvalue weighted by Gasteiger charge is -2.10. The Morgan fingerprint density at radius 1 is 1.33 bits per heavy atom. The Kier molecular flexibility index (Phi) is 3.95. The second-order valence-corrected chi connectivity index (χ2v) is 6.52. The van der Waals surface area contributed by atoms with Crippen LogP contribution in [0.2, 0.25) is 0 Å². The summed E-state index contributed by atoms with van der Waals surface area (Å²) in [5, 5.41) is 11.5. The number of aromatic nitrogens is 4. The molecule has 11 heteroatoms. The van der Waals surface area contributed by atoms with Crippen LogP contribution in [0, 0.1) is 6.92 Å². The molecule has 0 radical (unpaired) electrons. The van der Waals surface area contributed by atoms with E-state index in [4.69, 9.17) is 4.52 Å². The quantitative estimate of drug-likeness (QED) is 0.568. The number of amides is 1. The fourth-order valence-electron chi connectivity index (χ4n) is 2.48. The Labute approximate surface area is 153 Å². The highest BCUT2D eigenvalue weighted by molar-refractivity contribution is 7.13. The van der Waals surface area contributed by atoms with Crippen LogP contribution in [0.4, 0.5) is 19.0 Å². The third kappa shape index (κ3) is 3.16. The summed E-state index contributed by atoms with van der Waals surface area (Å²) in [5.41, 5.74) is -1.23. The van der Waals surface area contributed by atoms with Crippen molar-refractivity contribution < 1.29 is 22.5 Å². The summed E-state index contributed by atoms with van der Waals surface area (Å²) in [6, 6.07) is 5.75. The van der Waals surface area contributed by atoms with Gasteiger partial charge in [0.2, 0.25) is 0 Å². The zero-order valence-electron chi connectivity index (χ0n) is 13.6. The first-order chi connectivity index (χ1) is 12.8. The lowest BCUT2D eigenvalue weighted by atomic mass is 10.2. The number of anilines is 1. The SMILES string of the molecule is Cc1cc(NC(=O)c2cnn3c(C(F)(F)F)cc(-c4cccs4)nc23)no1. The smallest absolute Gasteiger partial charge is 0.360 e. The Morgan fingerprint density at radius 2 is 2.15 bits per heavy atom. The van der Waals surface area contributed by atoms with Crippen LogP contribution in [-0.4, -0.2) is 25.7 Å². The molecule has 0 atom stereocenters. The number of fused-ring (bicyclic) bond motifs is 1. The number of aryl methyl sites for hydroxylation is 1. The molecular formula is C16H10F3N5O2S. The predicted molar refractivity (Wildman–Crippen MR) is 90.5 cm³/mol. The van der Waals surface area contributed by atoms with Crippen LogP contribution in [0.5, 0.6) is 0 Å². The van der Waals surface area contributed by atoms with Crippen LogP contribution >= 0.6 is 11.3 Å². The van der Waals surface area contributed by atoms with Gasteiger partial charge in [0, 0.05) is 6.07 Å². The van der Waals surface area contributed by atoms with Gasteiger partial charge in [-0.3, -0.25) is 4.79 Å². The van der Waals surface area contributed by atoms with Crippen molar-refractivity contribution in [2.45, 2.75) is 13.1 Å². The van der Waals surface area contributed by atoms with Crippen LogP contribution in [0.1, 0.15) is 21.8 Å². The summed E-state index contributed by atoms with van der Waals surface area (Å²) in [5.74, 6) is -0.0767. The van der Waals surface area contributed by atoms with Crippen LogP contribution in [0.3, 0.4) is 0 Å². The van der Waals surface area contributed by atoms with Gasteiger partial charge in [-0.2, -0.15) is 18.3 Å². The summed E-state index contributed by atoms with van der Waals surface area (Å²) in [6.45, 7) is 1.64. The van der Waals surface area contributed by atoms with Crippen molar-refractivity contribution in [1.82, 2.24) is 19.8 Å². The molecule has 7 nitrogen and oxygen atoms in total.